The van der Waals surface area contributed by atoms with Crippen LogP contribution in [0, 0.1) is 5.82 Å². The molecular formula is C25H21F8N9O3. The van der Waals surface area contributed by atoms with Gasteiger partial charge in [0.1, 0.15) is 23.4 Å². The van der Waals surface area contributed by atoms with Crippen LogP contribution in [0.1, 0.15) is 44.2 Å². The largest absolute Gasteiger partial charge is 0.573 e. The number of aryl methyl sites for hydroxylation is 1. The van der Waals surface area contributed by atoms with Crippen molar-refractivity contribution < 1.29 is 49.4 Å². The van der Waals surface area contributed by atoms with Crippen LogP contribution in [0.15, 0.2) is 48.9 Å². The van der Waals surface area contributed by atoms with Crippen molar-refractivity contribution in [1.82, 2.24) is 45.6 Å². The Morgan fingerprint density at radius 1 is 0.889 bits per heavy atom. The Kier molecular flexibility index (Phi) is 9.92. The monoisotopic (exact) mass is 647 g/mol. The van der Waals surface area contributed by atoms with E-state index in [4.69, 9.17) is 0 Å². The Labute approximate surface area is 247 Å². The lowest BCUT2D eigenvalue weighted by molar-refractivity contribution is -0.274. The van der Waals surface area contributed by atoms with Crippen molar-refractivity contribution in [3.63, 3.8) is 0 Å². The first-order valence-electron chi connectivity index (χ1n) is 12.7. The Balaban J connectivity index is 1.21. The van der Waals surface area contributed by atoms with Crippen LogP contribution in [-0.4, -0.2) is 59.3 Å². The van der Waals surface area contributed by atoms with Gasteiger partial charge in [0.05, 0.1) is 18.9 Å². The molecule has 0 aliphatic heterocycles. The van der Waals surface area contributed by atoms with Gasteiger partial charge < -0.3 is 15.4 Å². The highest BCUT2D eigenvalue weighted by atomic mass is 19.4. The number of carbonyl (C=O) groups excluding carboxylic acids is 2. The number of amides is 2. The molecule has 0 aliphatic carbocycles. The highest BCUT2D eigenvalue weighted by Gasteiger charge is 2.32. The predicted octanol–water partition coefficient (Wildman–Crippen LogP) is 3.61. The fraction of sp³-hybridized carbons (Fsp3) is 0.320. The molecule has 45 heavy (non-hydrogen) atoms. The fourth-order valence-electron chi connectivity index (χ4n) is 3.69. The fourth-order valence-corrected chi connectivity index (χ4v) is 3.69. The minimum absolute atomic E-state index is 0.0316. The lowest BCUT2D eigenvalue weighted by atomic mass is 10.2. The summed E-state index contributed by atoms with van der Waals surface area (Å²) in [7, 11) is 0. The average Bonchev–Trinajstić information content (AvgIpc) is 3.64. The van der Waals surface area contributed by atoms with E-state index in [1.807, 2.05) is 0 Å². The third kappa shape index (κ3) is 9.66. The zero-order valence-corrected chi connectivity index (χ0v) is 22.6. The van der Waals surface area contributed by atoms with Crippen LogP contribution >= 0.6 is 0 Å². The molecule has 240 valence electrons. The summed E-state index contributed by atoms with van der Waals surface area (Å²) in [5, 5.41) is 19.4. The van der Waals surface area contributed by atoms with Gasteiger partial charge in [0.25, 0.3) is 11.8 Å². The molecule has 2 N–H and O–H groups in total. The molecule has 0 spiro atoms. The van der Waals surface area contributed by atoms with E-state index in [-0.39, 0.29) is 43.0 Å². The van der Waals surface area contributed by atoms with Crippen LogP contribution in [-0.2, 0) is 32.4 Å². The minimum Gasteiger partial charge on any atom is -0.406 e. The molecule has 3 heterocycles. The van der Waals surface area contributed by atoms with Crippen LogP contribution < -0.4 is 15.4 Å². The summed E-state index contributed by atoms with van der Waals surface area (Å²) in [4.78, 5) is 27.9. The third-order valence-corrected chi connectivity index (χ3v) is 5.86. The van der Waals surface area contributed by atoms with Crippen LogP contribution in [0.2, 0.25) is 0 Å². The number of halogens is 8. The quantitative estimate of drug-likeness (QED) is 0.222. The van der Waals surface area contributed by atoms with Gasteiger partial charge in [0.2, 0.25) is 0 Å². The zero-order chi connectivity index (χ0) is 32.8. The van der Waals surface area contributed by atoms with E-state index >= 15 is 0 Å². The number of aromatic nitrogens is 7. The molecule has 12 nitrogen and oxygen atoms in total. The molecule has 1 unspecified atom stereocenters. The lowest BCUT2D eigenvalue weighted by Gasteiger charge is -2.11. The standard InChI is InChI=1S/C25H21F8N9O3/c26-16(11-42-13-20(38-40-42)22(43)35-9-14-1-4-21(34-8-14)24(28,29)30)5-6-41-12-19(37-39-41)23(44)36-10-15-7-17(2-3-18(15)27)45-25(31,32)33/h1-4,7-8,12-13,16H,5-6,9-11H2,(H,35,43)(H,36,44). The van der Waals surface area contributed by atoms with E-state index < -0.39 is 54.3 Å². The van der Waals surface area contributed by atoms with Crippen molar-refractivity contribution in [3.8, 4) is 5.75 Å². The number of benzene rings is 1. The first kappa shape index (κ1) is 32.7. The number of alkyl halides is 7. The second-order valence-electron chi connectivity index (χ2n) is 9.29. The molecule has 0 saturated heterocycles. The highest BCUT2D eigenvalue weighted by Crippen LogP contribution is 2.27. The Hall–Kier alpha value is -5.17. The number of carbonyl (C=O) groups is 2. The first-order chi connectivity index (χ1) is 21.2. The summed E-state index contributed by atoms with van der Waals surface area (Å²) in [6.07, 6.45) is -7.86. The SMILES string of the molecule is O=C(NCc1cc(OC(F)(F)F)ccc1F)c1cn(CCC(F)Cn2cc(C(=O)NCc3ccc(C(F)(F)F)nc3)nn2)nn1. The molecule has 20 heteroatoms. The van der Waals surface area contributed by atoms with Crippen molar-refractivity contribution in [2.24, 2.45) is 0 Å². The lowest BCUT2D eigenvalue weighted by Crippen LogP contribution is -2.24. The third-order valence-electron chi connectivity index (χ3n) is 5.86. The zero-order valence-electron chi connectivity index (χ0n) is 22.6. The second kappa shape index (κ2) is 13.6. The van der Waals surface area contributed by atoms with Crippen molar-refractivity contribution in [3.05, 3.63) is 82.9 Å². The minimum atomic E-state index is -4.98. The molecule has 0 saturated carbocycles. The molecule has 1 aromatic carbocycles. The number of rotatable bonds is 12. The van der Waals surface area contributed by atoms with Crippen molar-refractivity contribution >= 4 is 11.8 Å². The molecular weight excluding hydrogens is 626 g/mol. The van der Waals surface area contributed by atoms with Gasteiger partial charge in [-0.25, -0.2) is 13.5 Å². The van der Waals surface area contributed by atoms with E-state index in [9.17, 15) is 44.7 Å². The molecule has 2 amide bonds. The summed E-state index contributed by atoms with van der Waals surface area (Å²) < 4.78 is 110. The van der Waals surface area contributed by atoms with Crippen molar-refractivity contribution in [2.45, 2.75) is 51.3 Å². The summed E-state index contributed by atoms with van der Waals surface area (Å²) in [5.41, 5.74) is -1.42. The van der Waals surface area contributed by atoms with E-state index in [2.05, 4.69) is 41.0 Å². The van der Waals surface area contributed by atoms with Gasteiger partial charge in [-0.1, -0.05) is 16.5 Å². The van der Waals surface area contributed by atoms with Crippen LogP contribution in [0.25, 0.3) is 0 Å². The number of nitrogens with one attached hydrogen (secondary N) is 2. The molecule has 0 aliphatic rings. The maximum Gasteiger partial charge on any atom is 0.573 e. The summed E-state index contributed by atoms with van der Waals surface area (Å²) in [5.74, 6) is -3.06. The number of hydrogen-bond acceptors (Lipinski definition) is 8. The smallest absolute Gasteiger partial charge is 0.406 e. The Bertz CT molecular complexity index is 1620. The Morgan fingerprint density at radius 2 is 1.53 bits per heavy atom. The molecule has 4 aromatic rings. The second-order valence-corrected chi connectivity index (χ2v) is 9.29. The average molecular weight is 647 g/mol. The van der Waals surface area contributed by atoms with E-state index in [0.717, 1.165) is 45.9 Å². The van der Waals surface area contributed by atoms with Gasteiger partial charge in [0.15, 0.2) is 11.4 Å². The van der Waals surface area contributed by atoms with Crippen LogP contribution in [0.3, 0.4) is 0 Å². The number of nitrogens with zero attached hydrogens (tertiary/aromatic N) is 7. The van der Waals surface area contributed by atoms with Gasteiger partial charge in [-0.2, -0.15) is 13.2 Å². The van der Waals surface area contributed by atoms with Crippen LogP contribution in [0.5, 0.6) is 5.75 Å². The van der Waals surface area contributed by atoms with Crippen molar-refractivity contribution in [1.29, 1.82) is 0 Å². The molecule has 4 rings (SSSR count). The number of hydrogen-bond donors (Lipinski definition) is 2. The van der Waals surface area contributed by atoms with Crippen LogP contribution in [0.4, 0.5) is 35.1 Å². The first-order valence-corrected chi connectivity index (χ1v) is 12.7. The van der Waals surface area contributed by atoms with Crippen molar-refractivity contribution in [2.75, 3.05) is 0 Å². The highest BCUT2D eigenvalue weighted by molar-refractivity contribution is 5.92. The molecule has 1 atom stereocenters. The molecule has 0 fully saturated rings. The van der Waals surface area contributed by atoms with E-state index in [1.165, 1.54) is 12.4 Å². The molecule has 3 aromatic heterocycles. The predicted molar refractivity (Wildman–Crippen MR) is 134 cm³/mol. The van der Waals surface area contributed by atoms with E-state index in [0.29, 0.717) is 5.56 Å². The van der Waals surface area contributed by atoms with Gasteiger partial charge in [-0.3, -0.25) is 19.3 Å². The van der Waals surface area contributed by atoms with Gasteiger partial charge in [-0.05, 0) is 29.8 Å². The number of ether oxygens (including phenoxy) is 1. The number of pyridine rings is 1. The van der Waals surface area contributed by atoms with Gasteiger partial charge in [0, 0.05) is 37.8 Å². The van der Waals surface area contributed by atoms with E-state index in [1.54, 1.807) is 0 Å². The maximum absolute atomic E-state index is 14.6. The molecule has 0 radical (unpaired) electrons. The summed E-state index contributed by atoms with van der Waals surface area (Å²) in [6.45, 7) is -0.950. The molecule has 0 bridgehead atoms. The van der Waals surface area contributed by atoms with Gasteiger partial charge >= 0.3 is 12.5 Å². The summed E-state index contributed by atoms with van der Waals surface area (Å²) >= 11 is 0. The topological polar surface area (TPSA) is 142 Å². The van der Waals surface area contributed by atoms with Gasteiger partial charge in [-0.15, -0.1) is 23.4 Å². The normalized spacial score (nSPS) is 12.5. The Morgan fingerprint density at radius 3 is 2.16 bits per heavy atom. The maximum atomic E-state index is 14.6. The summed E-state index contributed by atoms with van der Waals surface area (Å²) in [6, 6.07) is 4.26.